The molecule has 0 aromatic carbocycles. The zero-order chi connectivity index (χ0) is 12.6. The molecule has 0 aliphatic heterocycles. The van der Waals surface area contributed by atoms with E-state index < -0.39 is 12.2 Å². The lowest BCUT2D eigenvalue weighted by molar-refractivity contribution is -0.111. The van der Waals surface area contributed by atoms with Crippen LogP contribution in [-0.2, 0) is 0 Å². The number of fused-ring (bicyclic) bond motifs is 1. The van der Waals surface area contributed by atoms with E-state index in [4.69, 9.17) is 5.73 Å². The van der Waals surface area contributed by atoms with Crippen molar-refractivity contribution < 1.29 is 10.2 Å². The molecule has 3 nitrogen and oxygen atoms in total. The van der Waals surface area contributed by atoms with Gasteiger partial charge < -0.3 is 15.9 Å². The molecule has 0 aromatic heterocycles. The van der Waals surface area contributed by atoms with Gasteiger partial charge in [-0.15, -0.1) is 0 Å². The van der Waals surface area contributed by atoms with Crippen LogP contribution < -0.4 is 5.73 Å². The maximum absolute atomic E-state index is 10.5. The second kappa shape index (κ2) is 4.71. The highest BCUT2D eigenvalue weighted by Gasteiger charge is 2.57. The maximum Gasteiger partial charge on any atom is 0.0831 e. The largest absolute Gasteiger partial charge is 0.392 e. The Kier molecular flexibility index (Phi) is 3.62. The fraction of sp³-hybridized carbons (Fsp3) is 0.857. The van der Waals surface area contributed by atoms with Gasteiger partial charge in [0.25, 0.3) is 0 Å². The molecule has 4 N–H and O–H groups in total. The molecule has 2 unspecified atom stereocenters. The number of aliphatic hydroxyl groups is 2. The van der Waals surface area contributed by atoms with Crippen LogP contribution in [0.1, 0.15) is 39.0 Å². The third-order valence-corrected chi connectivity index (χ3v) is 4.91. The minimum Gasteiger partial charge on any atom is -0.392 e. The summed E-state index contributed by atoms with van der Waals surface area (Å²) in [5.41, 5.74) is 6.14. The van der Waals surface area contributed by atoms with Gasteiger partial charge in [-0.1, -0.05) is 13.5 Å². The van der Waals surface area contributed by atoms with Crippen LogP contribution in [0.3, 0.4) is 0 Å². The van der Waals surface area contributed by atoms with Crippen LogP contribution in [0.15, 0.2) is 12.2 Å². The van der Waals surface area contributed by atoms with Crippen molar-refractivity contribution in [1.29, 1.82) is 0 Å². The summed E-state index contributed by atoms with van der Waals surface area (Å²) in [6, 6.07) is 0. The van der Waals surface area contributed by atoms with Crippen LogP contribution in [0.4, 0.5) is 0 Å². The average molecular weight is 239 g/mol. The molecule has 0 radical (unpaired) electrons. The van der Waals surface area contributed by atoms with E-state index in [9.17, 15) is 10.2 Å². The van der Waals surface area contributed by atoms with Crippen molar-refractivity contribution in [3.63, 3.8) is 0 Å². The molecule has 2 rings (SSSR count). The van der Waals surface area contributed by atoms with E-state index in [2.05, 4.69) is 13.5 Å². The van der Waals surface area contributed by atoms with Gasteiger partial charge in [0.2, 0.25) is 0 Å². The average Bonchev–Trinajstić information content (AvgIpc) is 2.50. The molecule has 2 saturated carbocycles. The van der Waals surface area contributed by atoms with Gasteiger partial charge in [0.05, 0.1) is 12.2 Å². The highest BCUT2D eigenvalue weighted by Crippen LogP contribution is 2.57. The highest BCUT2D eigenvalue weighted by molar-refractivity contribution is 5.22. The van der Waals surface area contributed by atoms with Gasteiger partial charge in [0.15, 0.2) is 0 Å². The first-order valence-electron chi connectivity index (χ1n) is 6.76. The van der Waals surface area contributed by atoms with Crippen molar-refractivity contribution in [2.45, 2.75) is 51.2 Å². The lowest BCUT2D eigenvalue weighted by atomic mass is 9.60. The predicted octanol–water partition coefficient (Wildman–Crippen LogP) is 1.44. The van der Waals surface area contributed by atoms with E-state index in [1.807, 2.05) is 0 Å². The van der Waals surface area contributed by atoms with Crippen LogP contribution in [0, 0.1) is 17.3 Å². The molecule has 0 heterocycles. The van der Waals surface area contributed by atoms with Gasteiger partial charge in [-0.05, 0) is 56.1 Å². The summed E-state index contributed by atoms with van der Waals surface area (Å²) in [5, 5.41) is 20.9. The molecule has 0 aromatic rings. The normalized spacial score (nSPS) is 46.0. The minimum absolute atomic E-state index is 0.358. The molecule has 2 fully saturated rings. The molecule has 5 atom stereocenters. The van der Waals surface area contributed by atoms with E-state index in [0.717, 1.165) is 37.7 Å². The second-order valence-electron chi connectivity index (χ2n) is 6.06. The summed E-state index contributed by atoms with van der Waals surface area (Å²) in [7, 11) is 0. The lowest BCUT2D eigenvalue weighted by Crippen LogP contribution is -2.50. The lowest BCUT2D eigenvalue weighted by Gasteiger charge is -2.47. The maximum atomic E-state index is 10.5. The number of hydrogen-bond acceptors (Lipinski definition) is 3. The zero-order valence-corrected chi connectivity index (χ0v) is 10.7. The Labute approximate surface area is 104 Å². The molecule has 0 spiro atoms. The SMILES string of the molecule is C=C1C[C@@H]2C[C@@H](C)CC(O)[C@]2(CCCN)C1O. The van der Waals surface area contributed by atoms with Gasteiger partial charge in [-0.2, -0.15) is 0 Å². The number of rotatable bonds is 3. The van der Waals surface area contributed by atoms with Crippen LogP contribution in [0.25, 0.3) is 0 Å². The highest BCUT2D eigenvalue weighted by atomic mass is 16.3. The van der Waals surface area contributed by atoms with Crippen LogP contribution in [0.5, 0.6) is 0 Å². The molecule has 2 aliphatic rings. The molecule has 17 heavy (non-hydrogen) atoms. The molecule has 0 amide bonds. The van der Waals surface area contributed by atoms with E-state index in [1.165, 1.54) is 0 Å². The first kappa shape index (κ1) is 13.1. The Morgan fingerprint density at radius 2 is 2.12 bits per heavy atom. The quantitative estimate of drug-likeness (QED) is 0.653. The standard InChI is InChI=1S/C14H25NO2/c1-9-6-11-8-10(2)13(17)14(11,4-3-5-15)12(16)7-9/h9,11-13,16-17H,2-8,15H2,1H3/t9-,11+,12?,13?,14-/m1/s1. The molecular formula is C14H25NO2. The molecule has 2 aliphatic carbocycles. The minimum atomic E-state index is -0.540. The molecular weight excluding hydrogens is 214 g/mol. The fourth-order valence-electron chi connectivity index (χ4n) is 4.08. The number of nitrogens with two attached hydrogens (primary N) is 1. The van der Waals surface area contributed by atoms with Gasteiger partial charge in [0.1, 0.15) is 0 Å². The summed E-state index contributed by atoms with van der Waals surface area (Å²) in [6.45, 7) is 6.78. The molecule has 0 bridgehead atoms. The van der Waals surface area contributed by atoms with E-state index in [-0.39, 0.29) is 5.41 Å². The smallest absolute Gasteiger partial charge is 0.0831 e. The molecule has 3 heteroatoms. The van der Waals surface area contributed by atoms with Crippen molar-refractivity contribution >= 4 is 0 Å². The molecule has 98 valence electrons. The Balaban J connectivity index is 2.28. The van der Waals surface area contributed by atoms with E-state index >= 15 is 0 Å². The predicted molar refractivity (Wildman–Crippen MR) is 68.4 cm³/mol. The zero-order valence-electron chi connectivity index (χ0n) is 10.7. The third-order valence-electron chi connectivity index (χ3n) is 4.91. The van der Waals surface area contributed by atoms with Gasteiger partial charge >= 0.3 is 0 Å². The van der Waals surface area contributed by atoms with Crippen molar-refractivity contribution in [2.24, 2.45) is 23.0 Å². The third kappa shape index (κ3) is 1.94. The first-order chi connectivity index (χ1) is 8.02. The topological polar surface area (TPSA) is 66.5 Å². The van der Waals surface area contributed by atoms with Gasteiger partial charge in [0, 0.05) is 5.41 Å². The number of aliphatic hydroxyl groups excluding tert-OH is 2. The Bertz CT molecular complexity index is 305. The Hall–Kier alpha value is -0.380. The van der Waals surface area contributed by atoms with Gasteiger partial charge in [-0.3, -0.25) is 0 Å². The Morgan fingerprint density at radius 3 is 2.76 bits per heavy atom. The van der Waals surface area contributed by atoms with Crippen LogP contribution >= 0.6 is 0 Å². The van der Waals surface area contributed by atoms with Crippen molar-refractivity contribution in [3.8, 4) is 0 Å². The first-order valence-corrected chi connectivity index (χ1v) is 6.76. The summed E-state index contributed by atoms with van der Waals surface area (Å²) >= 11 is 0. The van der Waals surface area contributed by atoms with Crippen molar-refractivity contribution in [1.82, 2.24) is 0 Å². The molecule has 0 saturated heterocycles. The van der Waals surface area contributed by atoms with Gasteiger partial charge in [-0.25, -0.2) is 0 Å². The second-order valence-corrected chi connectivity index (χ2v) is 6.06. The summed E-state index contributed by atoms with van der Waals surface area (Å²) in [4.78, 5) is 0. The van der Waals surface area contributed by atoms with Crippen LogP contribution in [-0.4, -0.2) is 29.0 Å². The summed E-state index contributed by atoms with van der Waals surface area (Å²) < 4.78 is 0. The summed E-state index contributed by atoms with van der Waals surface area (Å²) in [6.07, 6.45) is 3.50. The van der Waals surface area contributed by atoms with E-state index in [0.29, 0.717) is 18.4 Å². The number of hydrogen-bond donors (Lipinski definition) is 3. The van der Waals surface area contributed by atoms with Crippen molar-refractivity contribution in [3.05, 3.63) is 12.2 Å². The Morgan fingerprint density at radius 1 is 1.41 bits per heavy atom. The summed E-state index contributed by atoms with van der Waals surface area (Å²) in [5.74, 6) is 0.925. The van der Waals surface area contributed by atoms with Crippen LogP contribution in [0.2, 0.25) is 0 Å². The van der Waals surface area contributed by atoms with E-state index in [1.54, 1.807) is 0 Å². The monoisotopic (exact) mass is 239 g/mol. The van der Waals surface area contributed by atoms with Crippen molar-refractivity contribution in [2.75, 3.05) is 6.54 Å². The fourth-order valence-corrected chi connectivity index (χ4v) is 4.08.